The number of fused-ring (bicyclic) bond motifs is 1. The minimum Gasteiger partial charge on any atom is -0.504 e. The monoisotopic (exact) mass is 179 g/mol. The Morgan fingerprint density at radius 3 is 2.85 bits per heavy atom. The highest BCUT2D eigenvalue weighted by atomic mass is 16.5. The van der Waals surface area contributed by atoms with Gasteiger partial charge in [-0.25, -0.2) is 0 Å². The predicted octanol–water partition coefficient (Wildman–Crippen LogP) is 1.35. The first-order chi connectivity index (χ1) is 6.22. The van der Waals surface area contributed by atoms with Crippen LogP contribution in [0.15, 0.2) is 12.1 Å². The maximum absolute atomic E-state index is 9.78. The lowest BCUT2D eigenvalue weighted by molar-refractivity contribution is 0.343. The second-order valence-electron chi connectivity index (χ2n) is 3.43. The van der Waals surface area contributed by atoms with E-state index in [1.54, 1.807) is 7.11 Å². The molecule has 70 valence electrons. The summed E-state index contributed by atoms with van der Waals surface area (Å²) in [4.78, 5) is 2.16. The zero-order valence-electron chi connectivity index (χ0n) is 7.87. The van der Waals surface area contributed by atoms with Gasteiger partial charge in [0.1, 0.15) is 0 Å². The summed E-state index contributed by atoms with van der Waals surface area (Å²) in [6.45, 7) is 1.71. The highest BCUT2D eigenvalue weighted by molar-refractivity contribution is 5.51. The van der Waals surface area contributed by atoms with E-state index in [0.717, 1.165) is 18.7 Å². The van der Waals surface area contributed by atoms with Crippen molar-refractivity contribution in [2.45, 2.75) is 13.1 Å². The molecule has 0 aromatic heterocycles. The molecule has 0 radical (unpaired) electrons. The van der Waals surface area contributed by atoms with Crippen LogP contribution in [0.5, 0.6) is 11.5 Å². The number of nitrogens with zero attached hydrogens (tertiary/aromatic N) is 1. The third kappa shape index (κ3) is 1.25. The molecule has 0 aliphatic carbocycles. The van der Waals surface area contributed by atoms with Crippen molar-refractivity contribution in [2.75, 3.05) is 14.2 Å². The number of ether oxygens (including phenoxy) is 1. The van der Waals surface area contributed by atoms with Gasteiger partial charge in [-0.2, -0.15) is 0 Å². The molecule has 3 heteroatoms. The summed E-state index contributed by atoms with van der Waals surface area (Å²) in [6, 6.07) is 3.82. The van der Waals surface area contributed by atoms with Crippen LogP contribution in [0, 0.1) is 0 Å². The Morgan fingerprint density at radius 2 is 2.15 bits per heavy atom. The third-order valence-corrected chi connectivity index (χ3v) is 2.43. The lowest BCUT2D eigenvalue weighted by Crippen LogP contribution is -2.07. The van der Waals surface area contributed by atoms with Gasteiger partial charge < -0.3 is 9.84 Å². The molecule has 1 aliphatic rings. The Labute approximate surface area is 77.6 Å². The SMILES string of the molecule is COc1ccc2c(c1O)CN(C)C2. The molecule has 0 amide bonds. The number of hydrogen-bond donors (Lipinski definition) is 1. The Morgan fingerprint density at radius 1 is 1.38 bits per heavy atom. The average molecular weight is 179 g/mol. The van der Waals surface area contributed by atoms with Crippen molar-refractivity contribution in [1.82, 2.24) is 4.90 Å². The first-order valence-electron chi connectivity index (χ1n) is 4.28. The summed E-state index contributed by atoms with van der Waals surface area (Å²) in [6.07, 6.45) is 0. The summed E-state index contributed by atoms with van der Waals surface area (Å²) in [7, 11) is 3.60. The molecular weight excluding hydrogens is 166 g/mol. The Balaban J connectivity index is 2.48. The molecule has 0 atom stereocenters. The summed E-state index contributed by atoms with van der Waals surface area (Å²) < 4.78 is 5.04. The van der Waals surface area contributed by atoms with Crippen molar-refractivity contribution in [1.29, 1.82) is 0 Å². The predicted molar refractivity (Wildman–Crippen MR) is 49.8 cm³/mol. The molecule has 1 N–H and O–H groups in total. The summed E-state index contributed by atoms with van der Waals surface area (Å²) >= 11 is 0. The Hall–Kier alpha value is -1.22. The van der Waals surface area contributed by atoms with Gasteiger partial charge in [-0.15, -0.1) is 0 Å². The highest BCUT2D eigenvalue weighted by Crippen LogP contribution is 2.36. The smallest absolute Gasteiger partial charge is 0.162 e. The summed E-state index contributed by atoms with van der Waals surface area (Å²) in [5, 5.41) is 9.78. The van der Waals surface area contributed by atoms with Crippen LogP contribution in [0.3, 0.4) is 0 Å². The molecule has 0 spiro atoms. The number of phenolic OH excluding ortho intramolecular Hbond substituents is 1. The highest BCUT2D eigenvalue weighted by Gasteiger charge is 2.20. The van der Waals surface area contributed by atoms with Crippen LogP contribution in [0.1, 0.15) is 11.1 Å². The number of methoxy groups -OCH3 is 1. The summed E-state index contributed by atoms with van der Waals surface area (Å²) in [5.41, 5.74) is 2.20. The number of benzene rings is 1. The van der Waals surface area contributed by atoms with Crippen LogP contribution in [0.4, 0.5) is 0 Å². The lowest BCUT2D eigenvalue weighted by atomic mass is 10.1. The van der Waals surface area contributed by atoms with Crippen LogP contribution >= 0.6 is 0 Å². The fourth-order valence-corrected chi connectivity index (χ4v) is 1.76. The van der Waals surface area contributed by atoms with E-state index in [4.69, 9.17) is 4.74 Å². The standard InChI is InChI=1S/C10H13NO2/c1-11-5-7-3-4-9(13-2)10(12)8(7)6-11/h3-4,12H,5-6H2,1-2H3. The third-order valence-electron chi connectivity index (χ3n) is 2.43. The molecule has 1 aromatic carbocycles. The first-order valence-corrected chi connectivity index (χ1v) is 4.28. The molecule has 0 saturated heterocycles. The van der Waals surface area contributed by atoms with Gasteiger partial charge in [-0.1, -0.05) is 6.07 Å². The number of aromatic hydroxyl groups is 1. The van der Waals surface area contributed by atoms with Gasteiger partial charge in [0.25, 0.3) is 0 Å². The molecule has 3 nitrogen and oxygen atoms in total. The van der Waals surface area contributed by atoms with E-state index in [2.05, 4.69) is 4.90 Å². The molecule has 1 aliphatic heterocycles. The van der Waals surface area contributed by atoms with E-state index in [0.29, 0.717) is 11.5 Å². The van der Waals surface area contributed by atoms with E-state index >= 15 is 0 Å². The van der Waals surface area contributed by atoms with Gasteiger partial charge >= 0.3 is 0 Å². The van der Waals surface area contributed by atoms with Gasteiger partial charge in [0.05, 0.1) is 7.11 Å². The van der Waals surface area contributed by atoms with E-state index in [1.165, 1.54) is 5.56 Å². The van der Waals surface area contributed by atoms with Crippen molar-refractivity contribution >= 4 is 0 Å². The molecule has 0 unspecified atom stereocenters. The Bertz CT molecular complexity index is 336. The zero-order valence-corrected chi connectivity index (χ0v) is 7.87. The van der Waals surface area contributed by atoms with Gasteiger partial charge in [-0.3, -0.25) is 4.90 Å². The average Bonchev–Trinajstić information content (AvgIpc) is 2.47. The lowest BCUT2D eigenvalue weighted by Gasteiger charge is -2.06. The second kappa shape index (κ2) is 2.92. The van der Waals surface area contributed by atoms with Crippen molar-refractivity contribution in [3.8, 4) is 11.5 Å². The van der Waals surface area contributed by atoms with Crippen LogP contribution in [0.25, 0.3) is 0 Å². The van der Waals surface area contributed by atoms with Gasteiger partial charge in [-0.05, 0) is 18.7 Å². The van der Waals surface area contributed by atoms with E-state index < -0.39 is 0 Å². The van der Waals surface area contributed by atoms with E-state index in [9.17, 15) is 5.11 Å². The number of phenols is 1. The molecule has 0 bridgehead atoms. The molecule has 0 saturated carbocycles. The van der Waals surface area contributed by atoms with Crippen molar-refractivity contribution in [2.24, 2.45) is 0 Å². The van der Waals surface area contributed by atoms with Crippen molar-refractivity contribution < 1.29 is 9.84 Å². The molecule has 0 fully saturated rings. The molecule has 1 aromatic rings. The number of rotatable bonds is 1. The largest absolute Gasteiger partial charge is 0.504 e. The normalized spacial score (nSPS) is 15.8. The van der Waals surface area contributed by atoms with Crippen LogP contribution in [-0.4, -0.2) is 24.2 Å². The number of hydrogen-bond acceptors (Lipinski definition) is 3. The molecule has 1 heterocycles. The maximum Gasteiger partial charge on any atom is 0.162 e. The van der Waals surface area contributed by atoms with Crippen LogP contribution in [-0.2, 0) is 13.1 Å². The fourth-order valence-electron chi connectivity index (χ4n) is 1.76. The van der Waals surface area contributed by atoms with Crippen molar-refractivity contribution in [3.05, 3.63) is 23.3 Å². The first kappa shape index (κ1) is 8.38. The molecule has 2 rings (SSSR count). The molecular formula is C10H13NO2. The van der Waals surface area contributed by atoms with Crippen LogP contribution < -0.4 is 4.74 Å². The second-order valence-corrected chi connectivity index (χ2v) is 3.43. The van der Waals surface area contributed by atoms with E-state index in [1.807, 2.05) is 19.2 Å². The summed E-state index contributed by atoms with van der Waals surface area (Å²) in [5.74, 6) is 0.860. The quantitative estimate of drug-likeness (QED) is 0.706. The fraction of sp³-hybridized carbons (Fsp3) is 0.400. The van der Waals surface area contributed by atoms with E-state index in [-0.39, 0.29) is 0 Å². The van der Waals surface area contributed by atoms with Gasteiger partial charge in [0.15, 0.2) is 11.5 Å². The topological polar surface area (TPSA) is 32.7 Å². The van der Waals surface area contributed by atoms with Gasteiger partial charge in [0, 0.05) is 18.7 Å². The van der Waals surface area contributed by atoms with Gasteiger partial charge in [0.2, 0.25) is 0 Å². The minimum absolute atomic E-state index is 0.296. The maximum atomic E-state index is 9.78. The molecule has 13 heavy (non-hydrogen) atoms. The minimum atomic E-state index is 0.296. The van der Waals surface area contributed by atoms with Crippen LogP contribution in [0.2, 0.25) is 0 Å². The van der Waals surface area contributed by atoms with Crippen molar-refractivity contribution in [3.63, 3.8) is 0 Å². The zero-order chi connectivity index (χ0) is 9.42. The Kier molecular flexibility index (Phi) is 1.88.